The minimum Gasteiger partial charge on any atom is -0.507 e. The zero-order chi connectivity index (χ0) is 19.2. The van der Waals surface area contributed by atoms with Crippen LogP contribution in [-0.2, 0) is 0 Å². The summed E-state index contributed by atoms with van der Waals surface area (Å²) in [5.41, 5.74) is 4.09. The molecule has 0 bridgehead atoms. The molecule has 7 heteroatoms. The fourth-order valence-corrected chi connectivity index (χ4v) is 2.82. The molecule has 0 radical (unpaired) electrons. The molecule has 0 aliphatic heterocycles. The molecule has 0 aliphatic carbocycles. The average molecular weight is 381 g/mol. The third kappa shape index (κ3) is 4.27. The molecule has 0 saturated carbocycles. The van der Waals surface area contributed by atoms with Gasteiger partial charge in [0.25, 0.3) is 0 Å². The summed E-state index contributed by atoms with van der Waals surface area (Å²) in [5.74, 6) is 1.37. The molecule has 0 atom stereocenters. The number of hydrazone groups is 1. The SMILES string of the molecule is COc1ccc(NC(=S)NN=Cc2c(O)ccc3ccccc23)cc1OC. The van der Waals surface area contributed by atoms with Gasteiger partial charge in [0.1, 0.15) is 5.75 Å². The Kier molecular flexibility index (Phi) is 5.73. The quantitative estimate of drug-likeness (QED) is 0.354. The summed E-state index contributed by atoms with van der Waals surface area (Å²) in [4.78, 5) is 0. The molecule has 0 saturated heterocycles. The number of anilines is 1. The zero-order valence-electron chi connectivity index (χ0n) is 14.9. The van der Waals surface area contributed by atoms with Crippen molar-refractivity contribution in [3.63, 3.8) is 0 Å². The smallest absolute Gasteiger partial charge is 0.191 e. The van der Waals surface area contributed by atoms with Gasteiger partial charge < -0.3 is 19.9 Å². The summed E-state index contributed by atoms with van der Waals surface area (Å²) < 4.78 is 10.5. The average Bonchev–Trinajstić information content (AvgIpc) is 2.69. The maximum atomic E-state index is 10.1. The lowest BCUT2D eigenvalue weighted by Gasteiger charge is -2.11. The molecule has 6 nitrogen and oxygen atoms in total. The molecule has 0 fully saturated rings. The van der Waals surface area contributed by atoms with Crippen molar-refractivity contribution in [1.82, 2.24) is 5.43 Å². The van der Waals surface area contributed by atoms with Crippen molar-refractivity contribution in [3.05, 3.63) is 60.2 Å². The highest BCUT2D eigenvalue weighted by Gasteiger charge is 2.06. The van der Waals surface area contributed by atoms with Crippen molar-refractivity contribution in [2.75, 3.05) is 19.5 Å². The molecule has 0 unspecified atom stereocenters. The van der Waals surface area contributed by atoms with Crippen molar-refractivity contribution in [2.45, 2.75) is 0 Å². The van der Waals surface area contributed by atoms with Crippen LogP contribution in [0.1, 0.15) is 5.56 Å². The summed E-state index contributed by atoms with van der Waals surface area (Å²) in [7, 11) is 3.15. The van der Waals surface area contributed by atoms with Gasteiger partial charge in [-0.2, -0.15) is 5.10 Å². The van der Waals surface area contributed by atoms with Gasteiger partial charge in [-0.25, -0.2) is 0 Å². The number of thiocarbonyl (C=S) groups is 1. The maximum Gasteiger partial charge on any atom is 0.191 e. The van der Waals surface area contributed by atoms with Crippen LogP contribution >= 0.6 is 12.2 Å². The van der Waals surface area contributed by atoms with Crippen LogP contribution < -0.4 is 20.2 Å². The highest BCUT2D eigenvalue weighted by molar-refractivity contribution is 7.80. The standard InChI is InChI=1S/C20H19N3O3S/c1-25-18-10-8-14(11-19(18)26-2)22-20(27)23-21-12-16-15-6-4-3-5-13(15)7-9-17(16)24/h3-12,24H,1-2H3,(H2,22,23,27). The summed E-state index contributed by atoms with van der Waals surface area (Å²) in [6.07, 6.45) is 1.54. The lowest BCUT2D eigenvalue weighted by Crippen LogP contribution is -2.23. The zero-order valence-corrected chi connectivity index (χ0v) is 15.7. The fourth-order valence-electron chi connectivity index (χ4n) is 2.65. The van der Waals surface area contributed by atoms with Crippen LogP contribution in [0.15, 0.2) is 59.7 Å². The number of aromatic hydroxyl groups is 1. The van der Waals surface area contributed by atoms with Gasteiger partial charge in [-0.05, 0) is 41.2 Å². The Labute approximate surface area is 162 Å². The Morgan fingerprint density at radius 3 is 2.59 bits per heavy atom. The van der Waals surface area contributed by atoms with Gasteiger partial charge in [0, 0.05) is 17.3 Å². The first kappa shape index (κ1) is 18.5. The van der Waals surface area contributed by atoms with Crippen LogP contribution in [0.5, 0.6) is 17.2 Å². The minimum absolute atomic E-state index is 0.151. The Bertz CT molecular complexity index is 1000. The molecule has 3 N–H and O–H groups in total. The number of nitrogens with zero attached hydrogens (tertiary/aromatic N) is 1. The molecular formula is C20H19N3O3S. The first-order valence-corrected chi connectivity index (χ1v) is 8.56. The van der Waals surface area contributed by atoms with E-state index in [-0.39, 0.29) is 5.75 Å². The van der Waals surface area contributed by atoms with Crippen molar-refractivity contribution >= 4 is 40.0 Å². The molecule has 0 heterocycles. The van der Waals surface area contributed by atoms with E-state index in [1.165, 1.54) is 0 Å². The number of fused-ring (bicyclic) bond motifs is 1. The van der Waals surface area contributed by atoms with Gasteiger partial charge in [0.05, 0.1) is 20.4 Å². The van der Waals surface area contributed by atoms with E-state index < -0.39 is 0 Å². The van der Waals surface area contributed by atoms with E-state index in [0.29, 0.717) is 22.2 Å². The Morgan fingerprint density at radius 1 is 1.04 bits per heavy atom. The number of hydrogen-bond acceptors (Lipinski definition) is 5. The lowest BCUT2D eigenvalue weighted by atomic mass is 10.0. The first-order valence-electron chi connectivity index (χ1n) is 8.15. The highest BCUT2D eigenvalue weighted by Crippen LogP contribution is 2.29. The lowest BCUT2D eigenvalue weighted by molar-refractivity contribution is 0.355. The van der Waals surface area contributed by atoms with E-state index in [0.717, 1.165) is 16.5 Å². The van der Waals surface area contributed by atoms with E-state index >= 15 is 0 Å². The van der Waals surface area contributed by atoms with Crippen molar-refractivity contribution < 1.29 is 14.6 Å². The number of rotatable bonds is 5. The Hall–Kier alpha value is -3.32. The third-order valence-corrected chi connectivity index (χ3v) is 4.14. The number of nitrogens with one attached hydrogen (secondary N) is 2. The summed E-state index contributed by atoms with van der Waals surface area (Å²) in [6, 6.07) is 16.6. The van der Waals surface area contributed by atoms with Crippen LogP contribution in [-0.4, -0.2) is 30.7 Å². The molecule has 138 valence electrons. The van der Waals surface area contributed by atoms with Gasteiger partial charge in [-0.3, -0.25) is 5.43 Å². The number of methoxy groups -OCH3 is 2. The Balaban J connectivity index is 1.70. The van der Waals surface area contributed by atoms with E-state index in [1.807, 2.05) is 36.4 Å². The van der Waals surface area contributed by atoms with Gasteiger partial charge in [0.2, 0.25) is 0 Å². The summed E-state index contributed by atoms with van der Waals surface area (Å²) >= 11 is 5.25. The molecule has 27 heavy (non-hydrogen) atoms. The molecule has 3 rings (SSSR count). The van der Waals surface area contributed by atoms with E-state index in [4.69, 9.17) is 21.7 Å². The number of ether oxygens (including phenoxy) is 2. The molecule has 0 aromatic heterocycles. The fraction of sp³-hybridized carbons (Fsp3) is 0.100. The van der Waals surface area contributed by atoms with Gasteiger partial charge in [-0.1, -0.05) is 30.3 Å². The predicted molar refractivity (Wildman–Crippen MR) is 112 cm³/mol. The summed E-state index contributed by atoms with van der Waals surface area (Å²) in [6.45, 7) is 0. The molecule has 0 spiro atoms. The highest BCUT2D eigenvalue weighted by atomic mass is 32.1. The van der Waals surface area contributed by atoms with Gasteiger partial charge in [0.15, 0.2) is 16.6 Å². The van der Waals surface area contributed by atoms with Crippen LogP contribution in [0.2, 0.25) is 0 Å². The minimum atomic E-state index is 0.151. The number of phenols is 1. The van der Waals surface area contributed by atoms with Crippen LogP contribution in [0.4, 0.5) is 5.69 Å². The second kappa shape index (κ2) is 8.37. The maximum absolute atomic E-state index is 10.1. The number of hydrogen-bond donors (Lipinski definition) is 3. The second-order valence-corrected chi connectivity index (χ2v) is 6.02. The molecular weight excluding hydrogens is 362 g/mol. The molecule has 3 aromatic rings. The van der Waals surface area contributed by atoms with Gasteiger partial charge >= 0.3 is 0 Å². The second-order valence-electron chi connectivity index (χ2n) is 5.61. The van der Waals surface area contributed by atoms with Crippen molar-refractivity contribution in [3.8, 4) is 17.2 Å². The number of phenolic OH excluding ortho intramolecular Hbond substituents is 1. The summed E-state index contributed by atoms with van der Waals surface area (Å²) in [5, 5.41) is 19.5. The largest absolute Gasteiger partial charge is 0.507 e. The van der Waals surface area contributed by atoms with Gasteiger partial charge in [-0.15, -0.1) is 0 Å². The predicted octanol–water partition coefficient (Wildman–Crippen LogP) is 3.88. The van der Waals surface area contributed by atoms with Crippen LogP contribution in [0.25, 0.3) is 10.8 Å². The van der Waals surface area contributed by atoms with Crippen LogP contribution in [0, 0.1) is 0 Å². The first-order chi connectivity index (χ1) is 13.1. The van der Waals surface area contributed by atoms with E-state index in [1.54, 1.807) is 38.6 Å². The third-order valence-electron chi connectivity index (χ3n) is 3.95. The van der Waals surface area contributed by atoms with E-state index in [2.05, 4.69) is 15.8 Å². The van der Waals surface area contributed by atoms with Crippen molar-refractivity contribution in [1.29, 1.82) is 0 Å². The normalized spacial score (nSPS) is 10.7. The molecule has 0 aliphatic rings. The Morgan fingerprint density at radius 2 is 1.81 bits per heavy atom. The topological polar surface area (TPSA) is 75.1 Å². The van der Waals surface area contributed by atoms with Crippen molar-refractivity contribution in [2.24, 2.45) is 5.10 Å². The van der Waals surface area contributed by atoms with E-state index in [9.17, 15) is 5.11 Å². The molecule has 3 aromatic carbocycles. The monoisotopic (exact) mass is 381 g/mol. The van der Waals surface area contributed by atoms with Crippen LogP contribution in [0.3, 0.4) is 0 Å². The number of benzene rings is 3. The molecule has 0 amide bonds.